The van der Waals surface area contributed by atoms with E-state index in [0.29, 0.717) is 6.04 Å². The Balaban J connectivity index is 1.84. The van der Waals surface area contributed by atoms with Gasteiger partial charge in [0.2, 0.25) is 0 Å². The molecule has 1 aliphatic rings. The van der Waals surface area contributed by atoms with E-state index in [9.17, 15) is 4.21 Å². The summed E-state index contributed by atoms with van der Waals surface area (Å²) in [6.07, 6.45) is 3.72. The molecule has 2 atom stereocenters. The van der Waals surface area contributed by atoms with Crippen LogP contribution in [0.5, 0.6) is 0 Å². The van der Waals surface area contributed by atoms with Crippen molar-refractivity contribution in [3.63, 3.8) is 0 Å². The van der Waals surface area contributed by atoms with Crippen LogP contribution in [0.3, 0.4) is 0 Å². The first-order chi connectivity index (χ1) is 8.48. The number of nitrogens with one attached hydrogen (secondary N) is 1. The van der Waals surface area contributed by atoms with Crippen molar-refractivity contribution < 1.29 is 4.21 Å². The highest BCUT2D eigenvalue weighted by Gasteiger charge is 2.22. The summed E-state index contributed by atoms with van der Waals surface area (Å²) < 4.78 is 11.9. The van der Waals surface area contributed by atoms with Crippen LogP contribution < -0.4 is 5.32 Å². The summed E-state index contributed by atoms with van der Waals surface area (Å²) in [5, 5.41) is 5.77. The molecule has 18 heavy (non-hydrogen) atoms. The zero-order chi connectivity index (χ0) is 13.2. The molecule has 0 amide bonds. The number of hydrogen-bond acceptors (Lipinski definition) is 3. The van der Waals surface area contributed by atoms with E-state index in [4.69, 9.17) is 0 Å². The Kier molecular flexibility index (Phi) is 4.62. The van der Waals surface area contributed by atoms with Gasteiger partial charge >= 0.3 is 0 Å². The Labute approximate surface area is 117 Å². The minimum Gasteiger partial charge on any atom is -0.309 e. The fourth-order valence-electron chi connectivity index (χ4n) is 2.33. The second-order valence-electron chi connectivity index (χ2n) is 5.86. The van der Waals surface area contributed by atoms with Gasteiger partial charge in [-0.2, -0.15) is 0 Å². The van der Waals surface area contributed by atoms with E-state index in [1.165, 1.54) is 29.7 Å². The Morgan fingerprint density at radius 2 is 2.28 bits per heavy atom. The van der Waals surface area contributed by atoms with Crippen LogP contribution in [0.1, 0.15) is 50.1 Å². The van der Waals surface area contributed by atoms with Crippen LogP contribution in [-0.2, 0) is 17.2 Å². The molecule has 4 heteroatoms. The molecule has 0 spiro atoms. The van der Waals surface area contributed by atoms with Crippen molar-refractivity contribution in [1.29, 1.82) is 0 Å². The summed E-state index contributed by atoms with van der Waals surface area (Å²) in [4.78, 5) is 1.54. The van der Waals surface area contributed by atoms with Crippen molar-refractivity contribution >= 4 is 22.1 Å². The number of thiophene rings is 1. The molecule has 1 heterocycles. The molecule has 0 fully saturated rings. The molecule has 0 saturated heterocycles. The smallest absolute Gasteiger partial charge is 0.0375 e. The maximum absolute atomic E-state index is 12.0. The monoisotopic (exact) mass is 285 g/mol. The zero-order valence-corrected chi connectivity index (χ0v) is 13.1. The Morgan fingerprint density at radius 1 is 1.50 bits per heavy atom. The van der Waals surface area contributed by atoms with E-state index in [2.05, 4.69) is 16.8 Å². The first-order valence-corrected chi connectivity index (χ1v) is 8.86. The normalized spacial score (nSPS) is 21.6. The highest BCUT2D eigenvalue weighted by atomic mass is 32.2. The number of hydrogen-bond donors (Lipinski definition) is 1. The van der Waals surface area contributed by atoms with Crippen LogP contribution in [0.15, 0.2) is 11.4 Å². The summed E-state index contributed by atoms with van der Waals surface area (Å²) in [7, 11) is -0.750. The number of aryl methyl sites for hydroxylation is 1. The van der Waals surface area contributed by atoms with Crippen LogP contribution in [0.4, 0.5) is 0 Å². The molecule has 0 radical (unpaired) electrons. The van der Waals surface area contributed by atoms with Crippen LogP contribution in [0, 0.1) is 0 Å². The minimum atomic E-state index is -0.750. The molecule has 1 N–H and O–H groups in total. The Morgan fingerprint density at radius 3 is 3.00 bits per heavy atom. The average molecular weight is 285 g/mol. The summed E-state index contributed by atoms with van der Waals surface area (Å²) in [5.41, 5.74) is 1.48. The lowest BCUT2D eigenvalue weighted by Gasteiger charge is -2.24. The second kappa shape index (κ2) is 5.85. The lowest BCUT2D eigenvalue weighted by molar-refractivity contribution is 0.476. The molecular formula is C14H23NOS2. The van der Waals surface area contributed by atoms with Gasteiger partial charge in [-0.3, -0.25) is 4.21 Å². The van der Waals surface area contributed by atoms with Gasteiger partial charge < -0.3 is 5.32 Å². The number of fused-ring (bicyclic) bond motifs is 1. The molecule has 1 aliphatic carbocycles. The highest BCUT2D eigenvalue weighted by Crippen LogP contribution is 2.33. The third-order valence-corrected chi connectivity index (χ3v) is 6.35. The fourth-order valence-corrected chi connectivity index (χ4v) is 4.23. The molecule has 0 aliphatic heterocycles. The van der Waals surface area contributed by atoms with Gasteiger partial charge in [0.1, 0.15) is 0 Å². The molecule has 2 rings (SSSR count). The van der Waals surface area contributed by atoms with Crippen molar-refractivity contribution in [3.8, 4) is 0 Å². The van der Waals surface area contributed by atoms with Crippen LogP contribution >= 0.6 is 11.3 Å². The summed E-state index contributed by atoms with van der Waals surface area (Å²) in [6, 6.07) is 2.73. The first-order valence-electron chi connectivity index (χ1n) is 6.66. The maximum atomic E-state index is 12.0. The van der Waals surface area contributed by atoms with Gasteiger partial charge in [0.05, 0.1) is 0 Å². The summed E-state index contributed by atoms with van der Waals surface area (Å²) >= 11 is 1.87. The van der Waals surface area contributed by atoms with Crippen LogP contribution in [0.25, 0.3) is 0 Å². The van der Waals surface area contributed by atoms with Gasteiger partial charge in [-0.05, 0) is 57.0 Å². The van der Waals surface area contributed by atoms with Crippen molar-refractivity contribution in [2.24, 2.45) is 0 Å². The Bertz CT molecular complexity index is 420. The average Bonchev–Trinajstić information content (AvgIpc) is 2.76. The van der Waals surface area contributed by atoms with Crippen molar-refractivity contribution in [2.75, 3.05) is 12.3 Å². The zero-order valence-electron chi connectivity index (χ0n) is 11.5. The molecule has 0 aromatic carbocycles. The fraction of sp³-hybridized carbons (Fsp3) is 0.714. The van der Waals surface area contributed by atoms with Gasteiger partial charge in [-0.1, -0.05) is 0 Å². The van der Waals surface area contributed by atoms with Gasteiger partial charge in [-0.15, -0.1) is 11.3 Å². The summed E-state index contributed by atoms with van der Waals surface area (Å²) in [6.45, 7) is 6.98. The standard InChI is InChI=1S/C14H23NOS2/c1-14(2,3)18(16)10-8-15-12-5-4-6-13-11(12)7-9-17-13/h7,9,12,15H,4-6,8,10H2,1-3H3/t12-,18-/m1/s1. The van der Waals surface area contributed by atoms with Gasteiger partial charge in [-0.25, -0.2) is 0 Å². The maximum Gasteiger partial charge on any atom is 0.0375 e. The van der Waals surface area contributed by atoms with E-state index >= 15 is 0 Å². The molecule has 0 unspecified atom stereocenters. The van der Waals surface area contributed by atoms with E-state index in [0.717, 1.165) is 12.3 Å². The first kappa shape index (κ1) is 14.2. The molecule has 0 saturated carbocycles. The largest absolute Gasteiger partial charge is 0.309 e. The van der Waals surface area contributed by atoms with Gasteiger partial charge in [0.25, 0.3) is 0 Å². The van der Waals surface area contributed by atoms with Crippen molar-refractivity contribution in [1.82, 2.24) is 5.32 Å². The van der Waals surface area contributed by atoms with E-state index in [-0.39, 0.29) is 4.75 Å². The van der Waals surface area contributed by atoms with Crippen LogP contribution in [0.2, 0.25) is 0 Å². The molecule has 102 valence electrons. The highest BCUT2D eigenvalue weighted by molar-refractivity contribution is 7.86. The summed E-state index contributed by atoms with van der Waals surface area (Å²) in [5.74, 6) is 0.749. The Hall–Kier alpha value is -0.190. The third-order valence-electron chi connectivity index (χ3n) is 3.41. The second-order valence-corrected chi connectivity index (χ2v) is 9.18. The molecule has 0 bridgehead atoms. The van der Waals surface area contributed by atoms with Gasteiger partial charge in [0.15, 0.2) is 0 Å². The molecule has 1 aromatic heterocycles. The van der Waals surface area contributed by atoms with Crippen LogP contribution in [-0.4, -0.2) is 21.3 Å². The van der Waals surface area contributed by atoms with Crippen molar-refractivity contribution in [3.05, 3.63) is 21.9 Å². The lowest BCUT2D eigenvalue weighted by Crippen LogP contribution is -2.32. The number of rotatable bonds is 4. The lowest BCUT2D eigenvalue weighted by atomic mass is 9.94. The molecule has 2 nitrogen and oxygen atoms in total. The third kappa shape index (κ3) is 3.43. The predicted octanol–water partition coefficient (Wildman–Crippen LogP) is 3.26. The quantitative estimate of drug-likeness (QED) is 0.920. The predicted molar refractivity (Wildman–Crippen MR) is 80.8 cm³/mol. The topological polar surface area (TPSA) is 29.1 Å². The van der Waals surface area contributed by atoms with E-state index in [1.807, 2.05) is 32.1 Å². The van der Waals surface area contributed by atoms with Gasteiger partial charge in [0, 0.05) is 38.8 Å². The SMILES string of the molecule is CC(C)(C)[S@](=O)CCN[C@@H]1CCCc2sccc21. The van der Waals surface area contributed by atoms with E-state index in [1.54, 1.807) is 0 Å². The van der Waals surface area contributed by atoms with Crippen molar-refractivity contribution in [2.45, 2.75) is 50.8 Å². The minimum absolute atomic E-state index is 0.0955. The van der Waals surface area contributed by atoms with E-state index < -0.39 is 10.8 Å². The molecule has 1 aromatic rings. The molecular weight excluding hydrogens is 262 g/mol.